The predicted octanol–water partition coefficient (Wildman–Crippen LogP) is 5.29. The van der Waals surface area contributed by atoms with Gasteiger partial charge < -0.3 is 5.32 Å². The Morgan fingerprint density at radius 2 is 2.05 bits per heavy atom. The number of nitriles is 1. The van der Waals surface area contributed by atoms with Crippen molar-refractivity contribution in [2.45, 2.75) is 13.0 Å². The highest BCUT2D eigenvalue weighted by molar-refractivity contribution is 9.10. The third-order valence-corrected chi connectivity index (χ3v) is 3.90. The smallest absolute Gasteiger partial charge is 0.124 e. The number of benzene rings is 2. The number of nitrogens with one attached hydrogen (secondary N) is 1. The van der Waals surface area contributed by atoms with E-state index in [2.05, 4.69) is 21.2 Å². The SMILES string of the molecule is CC(Nc1ccc(C#N)c(Cl)c1)c1ccc(F)cc1Br. The molecule has 1 atom stereocenters. The number of anilines is 1. The van der Waals surface area contributed by atoms with Crippen molar-refractivity contribution in [1.82, 2.24) is 0 Å². The average Bonchev–Trinajstić information content (AvgIpc) is 2.38. The van der Waals surface area contributed by atoms with Crippen molar-refractivity contribution in [2.75, 3.05) is 5.32 Å². The summed E-state index contributed by atoms with van der Waals surface area (Å²) in [5.74, 6) is -0.283. The highest BCUT2D eigenvalue weighted by Gasteiger charge is 2.11. The maximum Gasteiger partial charge on any atom is 0.124 e. The van der Waals surface area contributed by atoms with Crippen LogP contribution in [0.1, 0.15) is 24.1 Å². The van der Waals surface area contributed by atoms with Crippen molar-refractivity contribution in [3.8, 4) is 6.07 Å². The lowest BCUT2D eigenvalue weighted by Crippen LogP contribution is -2.07. The van der Waals surface area contributed by atoms with Gasteiger partial charge in [0, 0.05) is 16.2 Å². The van der Waals surface area contributed by atoms with Gasteiger partial charge in [0.25, 0.3) is 0 Å². The Balaban J connectivity index is 2.21. The summed E-state index contributed by atoms with van der Waals surface area (Å²) >= 11 is 9.34. The molecule has 102 valence electrons. The van der Waals surface area contributed by atoms with Gasteiger partial charge in [0.2, 0.25) is 0 Å². The van der Waals surface area contributed by atoms with Crippen LogP contribution in [0.3, 0.4) is 0 Å². The van der Waals surface area contributed by atoms with Crippen LogP contribution in [0.25, 0.3) is 0 Å². The van der Waals surface area contributed by atoms with Crippen LogP contribution >= 0.6 is 27.5 Å². The molecule has 0 radical (unpaired) electrons. The molecule has 2 nitrogen and oxygen atoms in total. The van der Waals surface area contributed by atoms with Crippen LogP contribution in [0.5, 0.6) is 0 Å². The molecule has 0 heterocycles. The van der Waals surface area contributed by atoms with E-state index in [0.717, 1.165) is 11.3 Å². The van der Waals surface area contributed by atoms with Crippen molar-refractivity contribution >= 4 is 33.2 Å². The topological polar surface area (TPSA) is 35.8 Å². The lowest BCUT2D eigenvalue weighted by molar-refractivity contribution is 0.625. The zero-order valence-electron chi connectivity index (χ0n) is 10.6. The molecule has 2 rings (SSSR count). The summed E-state index contributed by atoms with van der Waals surface area (Å²) in [5, 5.41) is 12.5. The molecule has 2 aromatic carbocycles. The normalized spacial score (nSPS) is 11.8. The molecule has 0 saturated heterocycles. The fourth-order valence-corrected chi connectivity index (χ4v) is 2.79. The van der Waals surface area contributed by atoms with Crippen LogP contribution in [0.4, 0.5) is 10.1 Å². The number of hydrogen-bond donors (Lipinski definition) is 1. The molecule has 0 bridgehead atoms. The second-order valence-electron chi connectivity index (χ2n) is 4.34. The molecular weight excluding hydrogens is 343 g/mol. The van der Waals surface area contributed by atoms with Crippen molar-refractivity contribution in [2.24, 2.45) is 0 Å². The number of nitrogens with zero attached hydrogens (tertiary/aromatic N) is 1. The van der Waals surface area contributed by atoms with E-state index in [1.165, 1.54) is 12.1 Å². The van der Waals surface area contributed by atoms with Gasteiger partial charge in [-0.05, 0) is 42.8 Å². The average molecular weight is 354 g/mol. The van der Waals surface area contributed by atoms with Crippen molar-refractivity contribution in [3.05, 3.63) is 62.8 Å². The van der Waals surface area contributed by atoms with Crippen LogP contribution in [0.15, 0.2) is 40.9 Å². The Hall–Kier alpha value is -1.57. The van der Waals surface area contributed by atoms with Crippen LogP contribution in [-0.4, -0.2) is 0 Å². The van der Waals surface area contributed by atoms with Gasteiger partial charge >= 0.3 is 0 Å². The fraction of sp³-hybridized carbons (Fsp3) is 0.133. The second-order valence-corrected chi connectivity index (χ2v) is 5.60. The van der Waals surface area contributed by atoms with Crippen molar-refractivity contribution in [1.29, 1.82) is 5.26 Å². The molecule has 0 aromatic heterocycles. The minimum absolute atomic E-state index is 0.0334. The van der Waals surface area contributed by atoms with Gasteiger partial charge in [-0.3, -0.25) is 0 Å². The first kappa shape index (κ1) is 14.8. The summed E-state index contributed by atoms with van der Waals surface area (Å²) in [7, 11) is 0. The van der Waals surface area contributed by atoms with Gasteiger partial charge in [-0.1, -0.05) is 33.6 Å². The van der Waals surface area contributed by atoms with Gasteiger partial charge in [0.05, 0.1) is 10.6 Å². The lowest BCUT2D eigenvalue weighted by atomic mass is 10.1. The van der Waals surface area contributed by atoms with Crippen LogP contribution in [0.2, 0.25) is 5.02 Å². The van der Waals surface area contributed by atoms with E-state index in [1.54, 1.807) is 24.3 Å². The molecule has 20 heavy (non-hydrogen) atoms. The third-order valence-electron chi connectivity index (χ3n) is 2.90. The summed E-state index contributed by atoms with van der Waals surface area (Å²) in [5.41, 5.74) is 2.18. The van der Waals surface area contributed by atoms with Gasteiger partial charge in [0.1, 0.15) is 11.9 Å². The van der Waals surface area contributed by atoms with Gasteiger partial charge in [0.15, 0.2) is 0 Å². The molecule has 0 saturated carbocycles. The number of rotatable bonds is 3. The van der Waals surface area contributed by atoms with Crippen LogP contribution in [-0.2, 0) is 0 Å². The van der Waals surface area contributed by atoms with Gasteiger partial charge in [-0.25, -0.2) is 4.39 Å². The first-order valence-electron chi connectivity index (χ1n) is 5.92. The molecule has 0 aliphatic rings. The number of hydrogen-bond acceptors (Lipinski definition) is 2. The van der Waals surface area contributed by atoms with Crippen LogP contribution in [0, 0.1) is 17.1 Å². The van der Waals surface area contributed by atoms with Crippen molar-refractivity contribution < 1.29 is 4.39 Å². The maximum atomic E-state index is 13.1. The Morgan fingerprint density at radius 3 is 2.65 bits per heavy atom. The molecule has 0 spiro atoms. The molecule has 0 aliphatic heterocycles. The van der Waals surface area contributed by atoms with Gasteiger partial charge in [-0.15, -0.1) is 0 Å². The summed E-state index contributed by atoms with van der Waals surface area (Å²) < 4.78 is 13.8. The zero-order valence-corrected chi connectivity index (χ0v) is 13.0. The molecule has 0 amide bonds. The van der Waals surface area contributed by atoms with E-state index in [1.807, 2.05) is 13.0 Å². The Labute approximate surface area is 130 Å². The maximum absolute atomic E-state index is 13.1. The summed E-state index contributed by atoms with van der Waals surface area (Å²) in [6, 6.07) is 11.7. The largest absolute Gasteiger partial charge is 0.378 e. The van der Waals surface area contributed by atoms with Gasteiger partial charge in [-0.2, -0.15) is 5.26 Å². The monoisotopic (exact) mass is 352 g/mol. The van der Waals surface area contributed by atoms with Crippen LogP contribution < -0.4 is 5.32 Å². The molecule has 5 heteroatoms. The first-order valence-corrected chi connectivity index (χ1v) is 7.09. The second kappa shape index (κ2) is 6.25. The number of halogens is 3. The molecule has 1 N–H and O–H groups in total. The highest BCUT2D eigenvalue weighted by atomic mass is 79.9. The minimum atomic E-state index is -0.283. The molecule has 0 aliphatic carbocycles. The first-order chi connectivity index (χ1) is 9.51. The quantitative estimate of drug-likeness (QED) is 0.814. The van der Waals surface area contributed by atoms with E-state index in [9.17, 15) is 4.39 Å². The zero-order chi connectivity index (χ0) is 14.7. The summed E-state index contributed by atoms with van der Waals surface area (Å²) in [6.07, 6.45) is 0. The Morgan fingerprint density at radius 1 is 1.30 bits per heavy atom. The lowest BCUT2D eigenvalue weighted by Gasteiger charge is -2.17. The standard InChI is InChI=1S/C15H11BrClFN2/c1-9(13-5-3-11(18)6-14(13)16)20-12-4-2-10(8-19)15(17)7-12/h2-7,9,20H,1H3. The molecular formula is C15H11BrClFN2. The Bertz CT molecular complexity index is 682. The summed E-state index contributed by atoms with van der Waals surface area (Å²) in [6.45, 7) is 1.96. The van der Waals surface area contributed by atoms with E-state index in [-0.39, 0.29) is 11.9 Å². The molecule has 2 aromatic rings. The third kappa shape index (κ3) is 3.30. The fourth-order valence-electron chi connectivity index (χ4n) is 1.88. The predicted molar refractivity (Wildman–Crippen MR) is 82.3 cm³/mol. The molecule has 1 unspecified atom stereocenters. The van der Waals surface area contributed by atoms with E-state index in [4.69, 9.17) is 16.9 Å². The minimum Gasteiger partial charge on any atom is -0.378 e. The van der Waals surface area contributed by atoms with E-state index < -0.39 is 0 Å². The summed E-state index contributed by atoms with van der Waals surface area (Å²) in [4.78, 5) is 0. The van der Waals surface area contributed by atoms with E-state index >= 15 is 0 Å². The Kier molecular flexibility index (Phi) is 4.64. The molecule has 0 fully saturated rings. The van der Waals surface area contributed by atoms with E-state index in [0.29, 0.717) is 15.1 Å². The highest BCUT2D eigenvalue weighted by Crippen LogP contribution is 2.28. The van der Waals surface area contributed by atoms with Crippen molar-refractivity contribution in [3.63, 3.8) is 0 Å².